The van der Waals surface area contributed by atoms with Crippen LogP contribution in [0.5, 0.6) is 11.5 Å². The number of benzene rings is 8. The van der Waals surface area contributed by atoms with E-state index in [-0.39, 0.29) is 5.41 Å². The second-order valence-corrected chi connectivity index (χ2v) is 15.4. The van der Waals surface area contributed by atoms with E-state index in [1.807, 2.05) is 12.1 Å². The molecule has 0 N–H and O–H groups in total. The Morgan fingerprint density at radius 1 is 0.518 bits per heavy atom. The third-order valence-electron chi connectivity index (χ3n) is 11.7. The van der Waals surface area contributed by atoms with E-state index >= 15 is 0 Å². The van der Waals surface area contributed by atoms with E-state index in [2.05, 4.69) is 194 Å². The molecule has 3 heterocycles. The van der Waals surface area contributed by atoms with Crippen LogP contribution < -0.4 is 14.5 Å². The van der Waals surface area contributed by atoms with Crippen LogP contribution in [0, 0.1) is 6.92 Å². The zero-order chi connectivity index (χ0) is 37.5. The van der Waals surface area contributed by atoms with Crippen LogP contribution in [-0.2, 0) is 5.41 Å². The van der Waals surface area contributed by atoms with Crippen molar-refractivity contribution in [2.24, 2.45) is 0 Å². The first-order chi connectivity index (χ1) is 27.5. The van der Waals surface area contributed by atoms with Gasteiger partial charge in [-0.25, -0.2) is 0 Å². The maximum Gasteiger partial charge on any atom is 0.159 e. The van der Waals surface area contributed by atoms with E-state index in [0.717, 1.165) is 67.4 Å². The summed E-state index contributed by atoms with van der Waals surface area (Å²) in [4.78, 5) is 4.75. The summed E-state index contributed by atoms with van der Waals surface area (Å²) in [6.45, 7) is 6.86. The summed E-state index contributed by atoms with van der Waals surface area (Å²) < 4.78 is 13.3. The number of hydrogen-bond donors (Lipinski definition) is 0. The Balaban J connectivity index is 1.07. The number of rotatable bonds is 5. The minimum Gasteiger partial charge on any atom is -0.454 e. The van der Waals surface area contributed by atoms with Gasteiger partial charge in [-0.2, -0.15) is 0 Å². The Bertz CT molecular complexity index is 2980. The molecular formula is C52H38N2O2. The molecule has 8 aromatic carbocycles. The molecule has 0 radical (unpaired) electrons. The number of hydrogen-bond acceptors (Lipinski definition) is 4. The zero-order valence-electron chi connectivity index (χ0n) is 31.5. The highest BCUT2D eigenvalue weighted by Gasteiger charge is 2.43. The predicted octanol–water partition coefficient (Wildman–Crippen LogP) is 14.9. The Kier molecular flexibility index (Phi) is 7.08. The zero-order valence-corrected chi connectivity index (χ0v) is 31.5. The van der Waals surface area contributed by atoms with Crippen molar-refractivity contribution in [2.45, 2.75) is 26.2 Å². The van der Waals surface area contributed by atoms with Crippen LogP contribution in [-0.4, -0.2) is 0 Å². The fourth-order valence-corrected chi connectivity index (χ4v) is 9.11. The number of anilines is 6. The van der Waals surface area contributed by atoms with Gasteiger partial charge in [-0.3, -0.25) is 0 Å². The molecule has 0 fully saturated rings. The fourth-order valence-electron chi connectivity index (χ4n) is 9.11. The van der Waals surface area contributed by atoms with Gasteiger partial charge in [0.2, 0.25) is 0 Å². The first-order valence-electron chi connectivity index (χ1n) is 19.3. The molecule has 268 valence electrons. The third kappa shape index (κ3) is 4.79. The van der Waals surface area contributed by atoms with Crippen molar-refractivity contribution in [1.82, 2.24) is 0 Å². The summed E-state index contributed by atoms with van der Waals surface area (Å²) in [5.74, 6) is 1.76. The van der Waals surface area contributed by atoms with Crippen molar-refractivity contribution >= 4 is 56.1 Å². The summed E-state index contributed by atoms with van der Waals surface area (Å²) in [7, 11) is 0. The first-order valence-corrected chi connectivity index (χ1v) is 19.3. The van der Waals surface area contributed by atoms with Gasteiger partial charge in [0.1, 0.15) is 5.58 Å². The second-order valence-electron chi connectivity index (χ2n) is 15.4. The largest absolute Gasteiger partial charge is 0.454 e. The Morgan fingerprint density at radius 2 is 1.16 bits per heavy atom. The molecular weight excluding hydrogens is 685 g/mol. The lowest BCUT2D eigenvalue weighted by Crippen LogP contribution is -2.33. The normalized spacial score (nSPS) is 13.5. The molecule has 4 heteroatoms. The van der Waals surface area contributed by atoms with Gasteiger partial charge in [0, 0.05) is 27.6 Å². The number of fused-ring (bicyclic) bond motifs is 7. The van der Waals surface area contributed by atoms with Gasteiger partial charge in [-0.15, -0.1) is 0 Å². The molecule has 0 saturated heterocycles. The predicted molar refractivity (Wildman–Crippen MR) is 231 cm³/mol. The molecule has 0 amide bonds. The van der Waals surface area contributed by atoms with E-state index in [4.69, 9.17) is 9.15 Å². The van der Waals surface area contributed by atoms with Crippen LogP contribution >= 0.6 is 0 Å². The Labute approximate surface area is 326 Å². The molecule has 56 heavy (non-hydrogen) atoms. The topological polar surface area (TPSA) is 28.9 Å². The first kappa shape index (κ1) is 32.4. The van der Waals surface area contributed by atoms with Gasteiger partial charge >= 0.3 is 0 Å². The van der Waals surface area contributed by atoms with Gasteiger partial charge in [0.25, 0.3) is 0 Å². The SMILES string of the molecule is Cc1cccc2c1N1c3ccccc3C(C)(C)c3c(-c4ccc(N(c5ccc(-c6ccccc6)cc5)c5cccc6c5oc5ccccc56)cc4)ccc(c31)O2. The lowest BCUT2D eigenvalue weighted by molar-refractivity contribution is 0.471. The number of ether oxygens (including phenoxy) is 1. The molecule has 0 unspecified atom stereocenters. The summed E-state index contributed by atoms with van der Waals surface area (Å²) >= 11 is 0. The van der Waals surface area contributed by atoms with Crippen LogP contribution in [0.25, 0.3) is 44.2 Å². The molecule has 0 atom stereocenters. The van der Waals surface area contributed by atoms with Crippen molar-refractivity contribution in [1.29, 1.82) is 0 Å². The van der Waals surface area contributed by atoms with Crippen LogP contribution in [0.15, 0.2) is 180 Å². The molecule has 9 aromatic rings. The maximum absolute atomic E-state index is 6.69. The van der Waals surface area contributed by atoms with Crippen LogP contribution in [0.2, 0.25) is 0 Å². The van der Waals surface area contributed by atoms with Gasteiger partial charge in [0.15, 0.2) is 17.1 Å². The molecule has 2 aliphatic heterocycles. The molecule has 0 aliphatic carbocycles. The molecule has 0 spiro atoms. The molecule has 11 rings (SSSR count). The van der Waals surface area contributed by atoms with Crippen LogP contribution in [0.1, 0.15) is 30.5 Å². The van der Waals surface area contributed by atoms with Crippen molar-refractivity contribution in [3.63, 3.8) is 0 Å². The molecule has 0 bridgehead atoms. The second kappa shape index (κ2) is 12.2. The molecule has 1 aromatic heterocycles. The van der Waals surface area contributed by atoms with Crippen LogP contribution in [0.3, 0.4) is 0 Å². The minimum absolute atomic E-state index is 0.292. The van der Waals surface area contributed by atoms with Gasteiger partial charge < -0.3 is 19.0 Å². The highest BCUT2D eigenvalue weighted by molar-refractivity contribution is 6.10. The van der Waals surface area contributed by atoms with Crippen molar-refractivity contribution in [3.05, 3.63) is 193 Å². The van der Waals surface area contributed by atoms with Crippen molar-refractivity contribution < 1.29 is 9.15 Å². The summed E-state index contributed by atoms with van der Waals surface area (Å²) in [5, 5.41) is 2.21. The van der Waals surface area contributed by atoms with E-state index in [1.165, 1.54) is 39.1 Å². The maximum atomic E-state index is 6.69. The fraction of sp³-hybridized carbons (Fsp3) is 0.0769. The van der Waals surface area contributed by atoms with E-state index in [9.17, 15) is 0 Å². The highest BCUT2D eigenvalue weighted by atomic mass is 16.5. The summed E-state index contributed by atoms with van der Waals surface area (Å²) in [5.41, 5.74) is 16.4. The van der Waals surface area contributed by atoms with Crippen molar-refractivity contribution in [3.8, 4) is 33.8 Å². The average molecular weight is 723 g/mol. The smallest absolute Gasteiger partial charge is 0.159 e. The lowest BCUT2D eigenvalue weighted by Gasteiger charge is -2.46. The highest BCUT2D eigenvalue weighted by Crippen LogP contribution is 2.62. The van der Waals surface area contributed by atoms with Gasteiger partial charge in [-0.1, -0.05) is 135 Å². The van der Waals surface area contributed by atoms with E-state index in [1.54, 1.807) is 0 Å². The number of furan rings is 1. The minimum atomic E-state index is -0.292. The monoisotopic (exact) mass is 722 g/mol. The quantitative estimate of drug-likeness (QED) is 0.177. The van der Waals surface area contributed by atoms with Crippen molar-refractivity contribution in [2.75, 3.05) is 9.80 Å². The Morgan fingerprint density at radius 3 is 1.96 bits per heavy atom. The van der Waals surface area contributed by atoms with Crippen LogP contribution in [0.4, 0.5) is 34.1 Å². The molecule has 2 aliphatic rings. The summed E-state index contributed by atoms with van der Waals surface area (Å²) in [6.07, 6.45) is 0. The van der Waals surface area contributed by atoms with Gasteiger partial charge in [0.05, 0.1) is 22.7 Å². The number of para-hydroxylation sites is 4. The van der Waals surface area contributed by atoms with Gasteiger partial charge in [-0.05, 0) is 100 Å². The molecule has 0 saturated carbocycles. The van der Waals surface area contributed by atoms with E-state index in [0.29, 0.717) is 0 Å². The van der Waals surface area contributed by atoms with E-state index < -0.39 is 0 Å². The Hall–Kier alpha value is -7.04. The number of nitrogens with zero attached hydrogens (tertiary/aromatic N) is 2. The molecule has 4 nitrogen and oxygen atoms in total. The summed E-state index contributed by atoms with van der Waals surface area (Å²) in [6, 6.07) is 62.6. The lowest BCUT2D eigenvalue weighted by atomic mass is 9.70. The number of aryl methyl sites for hydroxylation is 1. The standard InChI is InChI=1S/C52H38N2O2/c1-33-13-11-22-46-49(33)54-43-19-9-8-18-42(43)52(2,3)48-39(31-32-47(55-46)50(48)54)36-25-29-38(30-26-36)53(37-27-23-35(24-28-37)34-14-5-4-6-15-34)44-20-12-17-41-40-16-7-10-21-45(40)56-51(41)44/h4-32H,1-3H3. The average Bonchev–Trinajstić information content (AvgIpc) is 3.63. The third-order valence-corrected chi connectivity index (χ3v) is 11.7.